The molecule has 0 bridgehead atoms. The van der Waals surface area contributed by atoms with Crippen molar-refractivity contribution in [1.82, 2.24) is 15.5 Å². The third kappa shape index (κ3) is 4.26. The number of nitrogens with zero attached hydrogens (tertiary/aromatic N) is 1. The molecule has 1 amide bonds. The first-order valence-electron chi connectivity index (χ1n) is 8.13. The fourth-order valence-corrected chi connectivity index (χ4v) is 3.08. The topological polar surface area (TPSA) is 44.4 Å². The van der Waals surface area contributed by atoms with Gasteiger partial charge < -0.3 is 10.6 Å². The second-order valence-electron chi connectivity index (χ2n) is 6.21. The normalized spacial score (nSPS) is 21.8. The molecule has 1 heterocycles. The molecule has 23 heavy (non-hydrogen) atoms. The summed E-state index contributed by atoms with van der Waals surface area (Å²) in [6.45, 7) is 7.39. The summed E-state index contributed by atoms with van der Waals surface area (Å²) in [5.41, 5.74) is 0.0463. The third-order valence-corrected chi connectivity index (χ3v) is 4.29. The molecule has 2 N–H and O–H groups in total. The molecule has 2 rings (SSSR count). The van der Waals surface area contributed by atoms with E-state index in [1.54, 1.807) is 0 Å². The average Bonchev–Trinajstić information content (AvgIpc) is 2.91. The highest BCUT2D eigenvalue weighted by atomic mass is 19.1. The standard InChI is InChI=1S/C17H25F2N3O/c1-4-20-17(23)16-8-12(10-22(16)11(2)3)21-9-13-14(18)6-5-7-15(13)19/h5-7,11-12,16,21H,4,8-10H2,1-3H3,(H,20,23)/t12-,16-/m0/s1. The van der Waals surface area contributed by atoms with E-state index in [0.717, 1.165) is 0 Å². The van der Waals surface area contributed by atoms with Crippen molar-refractivity contribution >= 4 is 5.91 Å². The Balaban J connectivity index is 2.00. The van der Waals surface area contributed by atoms with E-state index < -0.39 is 11.6 Å². The molecule has 128 valence electrons. The number of likely N-dealkylation sites (tertiary alicyclic amines) is 1. The number of rotatable bonds is 6. The van der Waals surface area contributed by atoms with Crippen molar-refractivity contribution in [1.29, 1.82) is 0 Å². The van der Waals surface area contributed by atoms with Gasteiger partial charge in [-0.15, -0.1) is 0 Å². The lowest BCUT2D eigenvalue weighted by atomic mass is 10.1. The van der Waals surface area contributed by atoms with Crippen LogP contribution in [0.25, 0.3) is 0 Å². The van der Waals surface area contributed by atoms with Crippen LogP contribution in [0.3, 0.4) is 0 Å². The second-order valence-corrected chi connectivity index (χ2v) is 6.21. The number of likely N-dealkylation sites (N-methyl/N-ethyl adjacent to an activating group) is 1. The number of benzene rings is 1. The molecule has 1 aromatic carbocycles. The van der Waals surface area contributed by atoms with Gasteiger partial charge in [0.2, 0.25) is 5.91 Å². The molecular formula is C17H25F2N3O. The summed E-state index contributed by atoms with van der Waals surface area (Å²) in [4.78, 5) is 14.3. The minimum absolute atomic E-state index is 0.0163. The van der Waals surface area contributed by atoms with Crippen molar-refractivity contribution in [3.8, 4) is 0 Å². The Morgan fingerprint density at radius 3 is 2.57 bits per heavy atom. The monoisotopic (exact) mass is 325 g/mol. The molecule has 4 nitrogen and oxygen atoms in total. The summed E-state index contributed by atoms with van der Waals surface area (Å²) >= 11 is 0. The van der Waals surface area contributed by atoms with Crippen LogP contribution in [0.1, 0.15) is 32.8 Å². The quantitative estimate of drug-likeness (QED) is 0.841. The van der Waals surface area contributed by atoms with Gasteiger partial charge in [0.05, 0.1) is 6.04 Å². The molecular weight excluding hydrogens is 300 g/mol. The van der Waals surface area contributed by atoms with Crippen LogP contribution in [-0.4, -0.2) is 42.0 Å². The van der Waals surface area contributed by atoms with E-state index in [1.807, 2.05) is 20.8 Å². The van der Waals surface area contributed by atoms with Crippen LogP contribution < -0.4 is 10.6 Å². The number of amides is 1. The highest BCUT2D eigenvalue weighted by molar-refractivity contribution is 5.82. The highest BCUT2D eigenvalue weighted by Crippen LogP contribution is 2.22. The first kappa shape index (κ1) is 17.8. The van der Waals surface area contributed by atoms with Gasteiger partial charge >= 0.3 is 0 Å². The smallest absolute Gasteiger partial charge is 0.237 e. The van der Waals surface area contributed by atoms with Gasteiger partial charge in [0.15, 0.2) is 0 Å². The molecule has 0 aromatic heterocycles. The van der Waals surface area contributed by atoms with Gasteiger partial charge in [-0.1, -0.05) is 6.07 Å². The van der Waals surface area contributed by atoms with Crippen molar-refractivity contribution in [2.75, 3.05) is 13.1 Å². The Labute approximate surface area is 136 Å². The number of carbonyl (C=O) groups is 1. The molecule has 0 aliphatic carbocycles. The zero-order valence-electron chi connectivity index (χ0n) is 13.9. The molecule has 1 aliphatic rings. The summed E-state index contributed by atoms with van der Waals surface area (Å²) in [5, 5.41) is 6.05. The van der Waals surface area contributed by atoms with E-state index in [4.69, 9.17) is 0 Å². The lowest BCUT2D eigenvalue weighted by Crippen LogP contribution is -2.46. The summed E-state index contributed by atoms with van der Waals surface area (Å²) in [6, 6.07) is 3.94. The Morgan fingerprint density at radius 2 is 2.00 bits per heavy atom. The first-order chi connectivity index (χ1) is 10.9. The van der Waals surface area contributed by atoms with Gasteiger partial charge in [-0.3, -0.25) is 9.69 Å². The Hall–Kier alpha value is -1.53. The molecule has 2 atom stereocenters. The minimum Gasteiger partial charge on any atom is -0.355 e. The van der Waals surface area contributed by atoms with E-state index >= 15 is 0 Å². The highest BCUT2D eigenvalue weighted by Gasteiger charge is 2.37. The van der Waals surface area contributed by atoms with Gasteiger partial charge in [0.1, 0.15) is 11.6 Å². The van der Waals surface area contributed by atoms with Gasteiger partial charge in [-0.25, -0.2) is 8.78 Å². The number of halogens is 2. The third-order valence-electron chi connectivity index (χ3n) is 4.29. The van der Waals surface area contributed by atoms with Crippen molar-refractivity contribution in [2.24, 2.45) is 0 Å². The average molecular weight is 325 g/mol. The van der Waals surface area contributed by atoms with E-state index in [-0.39, 0.29) is 36.1 Å². The molecule has 1 fully saturated rings. The second kappa shape index (κ2) is 7.84. The minimum atomic E-state index is -0.545. The maximum Gasteiger partial charge on any atom is 0.237 e. The van der Waals surface area contributed by atoms with Gasteiger partial charge in [-0.2, -0.15) is 0 Å². The van der Waals surface area contributed by atoms with Crippen LogP contribution in [-0.2, 0) is 11.3 Å². The maximum absolute atomic E-state index is 13.7. The predicted octanol–water partition coefficient (Wildman–Crippen LogP) is 2.04. The van der Waals surface area contributed by atoms with E-state index in [2.05, 4.69) is 15.5 Å². The largest absolute Gasteiger partial charge is 0.355 e. The van der Waals surface area contributed by atoms with Crippen LogP contribution in [0.5, 0.6) is 0 Å². The number of nitrogens with one attached hydrogen (secondary N) is 2. The molecule has 6 heteroatoms. The van der Waals surface area contributed by atoms with E-state index in [1.165, 1.54) is 18.2 Å². The fraction of sp³-hybridized carbons (Fsp3) is 0.588. The fourth-order valence-electron chi connectivity index (χ4n) is 3.08. The maximum atomic E-state index is 13.7. The molecule has 0 saturated carbocycles. The number of carbonyl (C=O) groups excluding carboxylic acids is 1. The Kier molecular flexibility index (Phi) is 6.07. The van der Waals surface area contributed by atoms with Gasteiger partial charge in [0, 0.05) is 37.3 Å². The number of hydrogen-bond acceptors (Lipinski definition) is 3. The summed E-state index contributed by atoms with van der Waals surface area (Å²) in [5.74, 6) is -1.07. The summed E-state index contributed by atoms with van der Waals surface area (Å²) in [6.07, 6.45) is 0.639. The van der Waals surface area contributed by atoms with Crippen LogP contribution in [0.4, 0.5) is 8.78 Å². The number of hydrogen-bond donors (Lipinski definition) is 2. The van der Waals surface area contributed by atoms with Crippen LogP contribution in [0.15, 0.2) is 18.2 Å². The Bertz CT molecular complexity index is 530. The van der Waals surface area contributed by atoms with E-state index in [0.29, 0.717) is 19.5 Å². The van der Waals surface area contributed by atoms with Crippen molar-refractivity contribution in [3.05, 3.63) is 35.4 Å². The molecule has 1 aromatic rings. The molecule has 1 saturated heterocycles. The van der Waals surface area contributed by atoms with Gasteiger partial charge in [-0.05, 0) is 39.3 Å². The SMILES string of the molecule is CCNC(=O)[C@@H]1C[C@H](NCc2c(F)cccc2F)CN1C(C)C. The molecule has 1 aliphatic heterocycles. The van der Waals surface area contributed by atoms with Crippen LogP contribution in [0.2, 0.25) is 0 Å². The van der Waals surface area contributed by atoms with Gasteiger partial charge in [0.25, 0.3) is 0 Å². The van der Waals surface area contributed by atoms with Crippen molar-refractivity contribution < 1.29 is 13.6 Å². The summed E-state index contributed by atoms with van der Waals surface area (Å²) < 4.78 is 27.4. The van der Waals surface area contributed by atoms with Crippen molar-refractivity contribution in [3.63, 3.8) is 0 Å². The Morgan fingerprint density at radius 1 is 1.35 bits per heavy atom. The van der Waals surface area contributed by atoms with Crippen LogP contribution >= 0.6 is 0 Å². The first-order valence-corrected chi connectivity index (χ1v) is 8.13. The lowest BCUT2D eigenvalue weighted by Gasteiger charge is -2.27. The molecule has 0 radical (unpaired) electrons. The summed E-state index contributed by atoms with van der Waals surface area (Å²) in [7, 11) is 0. The lowest BCUT2D eigenvalue weighted by molar-refractivity contribution is -0.125. The van der Waals surface area contributed by atoms with E-state index in [9.17, 15) is 13.6 Å². The van der Waals surface area contributed by atoms with Crippen molar-refractivity contribution in [2.45, 2.75) is 51.9 Å². The molecule has 0 unspecified atom stereocenters. The predicted molar refractivity (Wildman–Crippen MR) is 85.9 cm³/mol. The van der Waals surface area contributed by atoms with Crippen LogP contribution in [0, 0.1) is 11.6 Å². The molecule has 0 spiro atoms. The zero-order valence-corrected chi connectivity index (χ0v) is 13.9. The zero-order chi connectivity index (χ0) is 17.0.